The lowest BCUT2D eigenvalue weighted by molar-refractivity contribution is 0.0950. The summed E-state index contributed by atoms with van der Waals surface area (Å²) < 4.78 is 10.8. The molecule has 0 fully saturated rings. The van der Waals surface area contributed by atoms with Gasteiger partial charge < -0.3 is 20.1 Å². The van der Waals surface area contributed by atoms with Crippen LogP contribution in [0.15, 0.2) is 42.5 Å². The molecule has 0 spiro atoms. The van der Waals surface area contributed by atoms with E-state index < -0.39 is 0 Å². The predicted octanol–water partition coefficient (Wildman–Crippen LogP) is 3.73. The standard InChI is InChI=1S/C21H26N2O4/c1-5-27-19-12-15(10-11-18(19)26-4)20(24)23-17-9-7-6-8-16(17)21(25)22-13-14(2)3/h6-12,14H,5,13H2,1-4H3,(H,22,25)(H,23,24). The maximum atomic E-state index is 12.7. The second-order valence-electron chi connectivity index (χ2n) is 6.40. The molecule has 27 heavy (non-hydrogen) atoms. The van der Waals surface area contributed by atoms with Crippen LogP contribution in [0.3, 0.4) is 0 Å². The molecule has 0 bridgehead atoms. The summed E-state index contributed by atoms with van der Waals surface area (Å²) in [5.41, 5.74) is 1.29. The van der Waals surface area contributed by atoms with E-state index in [4.69, 9.17) is 9.47 Å². The monoisotopic (exact) mass is 370 g/mol. The molecule has 6 heteroatoms. The number of benzene rings is 2. The topological polar surface area (TPSA) is 76.7 Å². The predicted molar refractivity (Wildman–Crippen MR) is 106 cm³/mol. The molecule has 2 aromatic carbocycles. The molecule has 0 aliphatic rings. The van der Waals surface area contributed by atoms with Gasteiger partial charge in [-0.05, 0) is 43.2 Å². The van der Waals surface area contributed by atoms with Crippen LogP contribution in [0.4, 0.5) is 5.69 Å². The van der Waals surface area contributed by atoms with Crippen LogP contribution < -0.4 is 20.1 Å². The first-order valence-electron chi connectivity index (χ1n) is 8.95. The van der Waals surface area contributed by atoms with Crippen LogP contribution in [0.2, 0.25) is 0 Å². The minimum atomic E-state index is -0.331. The second-order valence-corrected chi connectivity index (χ2v) is 6.40. The van der Waals surface area contributed by atoms with E-state index >= 15 is 0 Å². The van der Waals surface area contributed by atoms with E-state index in [0.717, 1.165) is 0 Å². The number of ether oxygens (including phenoxy) is 2. The third-order valence-corrected chi connectivity index (χ3v) is 3.82. The molecule has 0 aromatic heterocycles. The summed E-state index contributed by atoms with van der Waals surface area (Å²) in [4.78, 5) is 25.1. The van der Waals surface area contributed by atoms with Gasteiger partial charge in [0.05, 0.1) is 25.0 Å². The number of hydrogen-bond donors (Lipinski definition) is 2. The fraction of sp³-hybridized carbons (Fsp3) is 0.333. The molecule has 2 aromatic rings. The van der Waals surface area contributed by atoms with Gasteiger partial charge in [0.25, 0.3) is 11.8 Å². The van der Waals surface area contributed by atoms with E-state index in [0.29, 0.717) is 47.4 Å². The Hall–Kier alpha value is -3.02. The fourth-order valence-corrected chi connectivity index (χ4v) is 2.46. The van der Waals surface area contributed by atoms with Crippen molar-refractivity contribution in [1.29, 1.82) is 0 Å². The van der Waals surface area contributed by atoms with Crippen LogP contribution in [-0.2, 0) is 0 Å². The lowest BCUT2D eigenvalue weighted by Gasteiger charge is -2.14. The number of amides is 2. The number of rotatable bonds is 8. The van der Waals surface area contributed by atoms with Crippen LogP contribution in [-0.4, -0.2) is 32.1 Å². The van der Waals surface area contributed by atoms with Crippen LogP contribution in [0, 0.1) is 5.92 Å². The molecule has 6 nitrogen and oxygen atoms in total. The van der Waals surface area contributed by atoms with Crippen LogP contribution in [0.25, 0.3) is 0 Å². The van der Waals surface area contributed by atoms with Gasteiger partial charge in [0, 0.05) is 12.1 Å². The van der Waals surface area contributed by atoms with Crippen LogP contribution in [0.5, 0.6) is 11.5 Å². The zero-order chi connectivity index (χ0) is 19.8. The molecule has 2 rings (SSSR count). The van der Waals surface area contributed by atoms with Crippen molar-refractivity contribution in [3.8, 4) is 11.5 Å². The van der Waals surface area contributed by atoms with E-state index in [1.807, 2.05) is 20.8 Å². The van der Waals surface area contributed by atoms with Crippen molar-refractivity contribution >= 4 is 17.5 Å². The minimum absolute atomic E-state index is 0.218. The van der Waals surface area contributed by atoms with Crippen molar-refractivity contribution in [2.75, 3.05) is 25.6 Å². The molecule has 0 aliphatic heterocycles. The van der Waals surface area contributed by atoms with Gasteiger partial charge in [-0.15, -0.1) is 0 Å². The molecule has 2 amide bonds. The molecular weight excluding hydrogens is 344 g/mol. The third-order valence-electron chi connectivity index (χ3n) is 3.82. The summed E-state index contributed by atoms with van der Waals surface area (Å²) >= 11 is 0. The van der Waals surface area contributed by atoms with Gasteiger partial charge in [-0.2, -0.15) is 0 Å². The smallest absolute Gasteiger partial charge is 0.255 e. The largest absolute Gasteiger partial charge is 0.493 e. The third kappa shape index (κ3) is 5.48. The van der Waals surface area contributed by atoms with Gasteiger partial charge in [-0.3, -0.25) is 9.59 Å². The summed E-state index contributed by atoms with van der Waals surface area (Å²) in [7, 11) is 1.55. The van der Waals surface area contributed by atoms with Gasteiger partial charge >= 0.3 is 0 Å². The Morgan fingerprint density at radius 1 is 1.04 bits per heavy atom. The summed E-state index contributed by atoms with van der Waals surface area (Å²) in [6, 6.07) is 11.9. The van der Waals surface area contributed by atoms with Gasteiger partial charge in [-0.1, -0.05) is 26.0 Å². The molecule has 0 heterocycles. The molecule has 144 valence electrons. The molecule has 0 radical (unpaired) electrons. The first-order valence-corrected chi connectivity index (χ1v) is 8.95. The van der Waals surface area contributed by atoms with E-state index in [1.54, 1.807) is 49.6 Å². The fourth-order valence-electron chi connectivity index (χ4n) is 2.46. The van der Waals surface area contributed by atoms with E-state index in [9.17, 15) is 9.59 Å². The lowest BCUT2D eigenvalue weighted by Crippen LogP contribution is -2.28. The van der Waals surface area contributed by atoms with Gasteiger partial charge in [0.1, 0.15) is 0 Å². The Labute approximate surface area is 159 Å². The average Bonchev–Trinajstić information content (AvgIpc) is 2.66. The highest BCUT2D eigenvalue weighted by Gasteiger charge is 2.16. The lowest BCUT2D eigenvalue weighted by atomic mass is 10.1. The molecule has 0 atom stereocenters. The number of carbonyl (C=O) groups is 2. The number of hydrogen-bond acceptors (Lipinski definition) is 4. The van der Waals surface area contributed by atoms with Crippen molar-refractivity contribution in [3.05, 3.63) is 53.6 Å². The van der Waals surface area contributed by atoms with Crippen molar-refractivity contribution in [1.82, 2.24) is 5.32 Å². The molecular formula is C21H26N2O4. The molecule has 0 saturated heterocycles. The summed E-state index contributed by atoms with van der Waals surface area (Å²) in [6.45, 7) is 6.93. The van der Waals surface area contributed by atoms with Crippen molar-refractivity contribution < 1.29 is 19.1 Å². The van der Waals surface area contributed by atoms with E-state index in [1.165, 1.54) is 0 Å². The Morgan fingerprint density at radius 3 is 2.44 bits per heavy atom. The number of carbonyl (C=O) groups excluding carboxylic acids is 2. The van der Waals surface area contributed by atoms with E-state index in [2.05, 4.69) is 10.6 Å². The zero-order valence-electron chi connectivity index (χ0n) is 16.2. The Kier molecular flexibility index (Phi) is 7.23. The van der Waals surface area contributed by atoms with Gasteiger partial charge in [-0.25, -0.2) is 0 Å². The van der Waals surface area contributed by atoms with Crippen LogP contribution in [0.1, 0.15) is 41.5 Å². The first kappa shape index (κ1) is 20.3. The quantitative estimate of drug-likeness (QED) is 0.742. The normalized spacial score (nSPS) is 10.4. The Bertz CT molecular complexity index is 803. The molecule has 0 saturated carbocycles. The molecule has 0 aliphatic carbocycles. The number of nitrogens with one attached hydrogen (secondary N) is 2. The number of para-hydroxylation sites is 1. The zero-order valence-corrected chi connectivity index (χ0v) is 16.2. The highest BCUT2D eigenvalue weighted by atomic mass is 16.5. The second kappa shape index (κ2) is 9.62. The van der Waals surface area contributed by atoms with E-state index in [-0.39, 0.29) is 11.8 Å². The van der Waals surface area contributed by atoms with Gasteiger partial charge in [0.15, 0.2) is 11.5 Å². The highest BCUT2D eigenvalue weighted by molar-refractivity contribution is 6.09. The Morgan fingerprint density at radius 2 is 1.78 bits per heavy atom. The minimum Gasteiger partial charge on any atom is -0.493 e. The maximum absolute atomic E-state index is 12.7. The highest BCUT2D eigenvalue weighted by Crippen LogP contribution is 2.28. The van der Waals surface area contributed by atoms with Crippen molar-refractivity contribution in [3.63, 3.8) is 0 Å². The average molecular weight is 370 g/mol. The summed E-state index contributed by atoms with van der Waals surface area (Å²) in [5.74, 6) is 0.844. The first-order chi connectivity index (χ1) is 13.0. The Balaban J connectivity index is 2.21. The van der Waals surface area contributed by atoms with Crippen LogP contribution >= 0.6 is 0 Å². The van der Waals surface area contributed by atoms with Gasteiger partial charge in [0.2, 0.25) is 0 Å². The molecule has 0 unspecified atom stereocenters. The SMILES string of the molecule is CCOc1cc(C(=O)Nc2ccccc2C(=O)NCC(C)C)ccc1OC. The van der Waals surface area contributed by atoms with Crippen molar-refractivity contribution in [2.45, 2.75) is 20.8 Å². The number of methoxy groups -OCH3 is 1. The summed E-state index contributed by atoms with van der Waals surface area (Å²) in [6.07, 6.45) is 0. The summed E-state index contributed by atoms with van der Waals surface area (Å²) in [5, 5.41) is 5.67. The molecule has 2 N–H and O–H groups in total. The maximum Gasteiger partial charge on any atom is 0.255 e. The number of anilines is 1. The van der Waals surface area contributed by atoms with Crippen molar-refractivity contribution in [2.24, 2.45) is 5.92 Å².